The van der Waals surface area contributed by atoms with Gasteiger partial charge in [0.15, 0.2) is 0 Å². The van der Waals surface area contributed by atoms with E-state index in [2.05, 4.69) is 79.1 Å². The van der Waals surface area contributed by atoms with Crippen molar-refractivity contribution in [2.24, 2.45) is 10.4 Å². The first-order chi connectivity index (χ1) is 13.4. The molecule has 0 saturated heterocycles. The molecule has 0 atom stereocenters. The van der Waals surface area contributed by atoms with Crippen LogP contribution in [0.25, 0.3) is 27.7 Å². The van der Waals surface area contributed by atoms with E-state index in [9.17, 15) is 0 Å². The Balaban J connectivity index is 1.75. The average Bonchev–Trinajstić information content (AvgIpc) is 3.00. The first-order valence-electron chi connectivity index (χ1n) is 9.99. The molecule has 5 rings (SSSR count). The number of nitrogens with zero attached hydrogens (tertiary/aromatic N) is 3. The van der Waals surface area contributed by atoms with Gasteiger partial charge in [0, 0.05) is 65.4 Å². The summed E-state index contributed by atoms with van der Waals surface area (Å²) in [4.78, 5) is 15.5. The molecule has 1 N–H and O–H groups in total. The van der Waals surface area contributed by atoms with E-state index >= 15 is 0 Å². The van der Waals surface area contributed by atoms with Gasteiger partial charge in [-0.3, -0.25) is 4.99 Å². The molecular weight excluding hydrogens is 344 g/mol. The summed E-state index contributed by atoms with van der Waals surface area (Å²) in [7, 11) is 2.18. The van der Waals surface area contributed by atoms with E-state index < -0.39 is 0 Å². The third kappa shape index (κ3) is 2.59. The molecule has 4 heteroatoms. The van der Waals surface area contributed by atoms with E-state index in [1.165, 1.54) is 44.7 Å². The fourth-order valence-electron chi connectivity index (χ4n) is 4.42. The van der Waals surface area contributed by atoms with Gasteiger partial charge in [-0.2, -0.15) is 0 Å². The third-order valence-electron chi connectivity index (χ3n) is 5.86. The van der Waals surface area contributed by atoms with Gasteiger partial charge < -0.3 is 9.88 Å². The first kappa shape index (κ1) is 17.2. The van der Waals surface area contributed by atoms with E-state index in [0.717, 1.165) is 25.2 Å². The predicted molar refractivity (Wildman–Crippen MR) is 118 cm³/mol. The molecule has 0 radical (unpaired) electrons. The molecule has 142 valence electrons. The zero-order valence-electron chi connectivity index (χ0n) is 17.0. The van der Waals surface area contributed by atoms with E-state index in [1.807, 2.05) is 6.20 Å². The molecule has 0 aliphatic carbocycles. The van der Waals surface area contributed by atoms with Crippen LogP contribution >= 0.6 is 0 Å². The number of benzene rings is 1. The summed E-state index contributed by atoms with van der Waals surface area (Å²) in [6.45, 7) is 8.41. The Morgan fingerprint density at radius 1 is 1.07 bits per heavy atom. The number of pyridine rings is 1. The van der Waals surface area contributed by atoms with E-state index in [1.54, 1.807) is 0 Å². The highest BCUT2D eigenvalue weighted by molar-refractivity contribution is 6.07. The molecule has 2 aliphatic heterocycles. The number of dihydropyridines is 1. The number of hydrogen-bond acceptors (Lipinski definition) is 3. The van der Waals surface area contributed by atoms with E-state index in [4.69, 9.17) is 4.99 Å². The van der Waals surface area contributed by atoms with Crippen LogP contribution in [0.1, 0.15) is 38.4 Å². The zero-order valence-corrected chi connectivity index (χ0v) is 17.0. The lowest BCUT2D eigenvalue weighted by Crippen LogP contribution is -2.22. The molecule has 2 aromatic heterocycles. The van der Waals surface area contributed by atoms with Crippen molar-refractivity contribution in [2.75, 3.05) is 18.5 Å². The third-order valence-corrected chi connectivity index (χ3v) is 5.86. The van der Waals surface area contributed by atoms with Crippen LogP contribution in [0.5, 0.6) is 0 Å². The Morgan fingerprint density at radius 2 is 1.89 bits per heavy atom. The summed E-state index contributed by atoms with van der Waals surface area (Å²) in [5.74, 6) is 0. The number of para-hydroxylation sites is 1. The zero-order chi connectivity index (χ0) is 19.5. The molecule has 28 heavy (non-hydrogen) atoms. The monoisotopic (exact) mass is 370 g/mol. The van der Waals surface area contributed by atoms with Crippen LogP contribution in [0.4, 0.5) is 5.69 Å². The van der Waals surface area contributed by atoms with Crippen molar-refractivity contribution < 1.29 is 0 Å². The van der Waals surface area contributed by atoms with E-state index in [0.29, 0.717) is 0 Å². The standard InChI is InChI=1S/C24H26N4/c1-24(2,3)20-13-15(9-11-25-20)22-18-14-28(4)19-8-6-5-7-16(19)17-10-12-26-23(27-22)21(17)18/h5-8,10,12-13H,9,11,14H2,1-4H3,(H,26,27). The Labute approximate surface area is 166 Å². The van der Waals surface area contributed by atoms with Crippen molar-refractivity contribution in [3.8, 4) is 11.1 Å². The lowest BCUT2D eigenvalue weighted by molar-refractivity contribution is 0.589. The van der Waals surface area contributed by atoms with Crippen molar-refractivity contribution >= 4 is 28.0 Å². The largest absolute Gasteiger partial charge is 0.370 e. The number of H-pyrrole nitrogens is 1. The van der Waals surface area contributed by atoms with Gasteiger partial charge in [-0.25, -0.2) is 4.98 Å². The fraction of sp³-hybridized carbons (Fsp3) is 0.333. The first-order valence-corrected chi connectivity index (χ1v) is 9.99. The van der Waals surface area contributed by atoms with Gasteiger partial charge in [0.25, 0.3) is 0 Å². The van der Waals surface area contributed by atoms with Gasteiger partial charge in [-0.15, -0.1) is 0 Å². The summed E-state index contributed by atoms with van der Waals surface area (Å²) >= 11 is 0. The van der Waals surface area contributed by atoms with Crippen molar-refractivity contribution in [1.82, 2.24) is 9.97 Å². The summed E-state index contributed by atoms with van der Waals surface area (Å²) in [6, 6.07) is 10.8. The molecule has 4 heterocycles. The van der Waals surface area contributed by atoms with Crippen LogP contribution in [0.15, 0.2) is 47.6 Å². The Morgan fingerprint density at radius 3 is 2.71 bits per heavy atom. The minimum atomic E-state index is 0.0578. The number of aromatic nitrogens is 2. The van der Waals surface area contributed by atoms with Crippen LogP contribution in [0.3, 0.4) is 0 Å². The van der Waals surface area contributed by atoms with Gasteiger partial charge >= 0.3 is 0 Å². The Hall–Kier alpha value is -2.88. The second kappa shape index (κ2) is 6.06. The molecule has 0 unspecified atom stereocenters. The minimum Gasteiger partial charge on any atom is -0.370 e. The van der Waals surface area contributed by atoms with Gasteiger partial charge in [0.2, 0.25) is 0 Å². The molecule has 2 aliphatic rings. The minimum absolute atomic E-state index is 0.0578. The maximum atomic E-state index is 4.78. The predicted octanol–water partition coefficient (Wildman–Crippen LogP) is 5.45. The highest BCUT2D eigenvalue weighted by atomic mass is 15.1. The van der Waals surface area contributed by atoms with Crippen LogP contribution < -0.4 is 4.90 Å². The Bertz CT molecular complexity index is 1140. The van der Waals surface area contributed by atoms with Crippen molar-refractivity contribution in [2.45, 2.75) is 33.7 Å². The summed E-state index contributed by atoms with van der Waals surface area (Å²) in [5.41, 5.74) is 9.95. The normalized spacial score (nSPS) is 16.5. The SMILES string of the molecule is CN1Cc2c(C3=CC(C(C)(C)C)=NCC3)[nH]c3nccc(c23)-c2ccccc21. The molecule has 3 aromatic rings. The van der Waals surface area contributed by atoms with Gasteiger partial charge in [0.1, 0.15) is 5.65 Å². The molecule has 0 amide bonds. The number of aliphatic imine (C=N–C) groups is 1. The molecule has 1 aromatic carbocycles. The number of fused-ring (bicyclic) bond motifs is 2. The second-order valence-electron chi connectivity index (χ2n) is 8.87. The molecule has 0 saturated carbocycles. The fourth-order valence-corrected chi connectivity index (χ4v) is 4.42. The van der Waals surface area contributed by atoms with Crippen LogP contribution in [0.2, 0.25) is 0 Å². The quantitative estimate of drug-likeness (QED) is 0.619. The number of anilines is 1. The molecule has 0 fully saturated rings. The summed E-state index contributed by atoms with van der Waals surface area (Å²) < 4.78 is 0. The van der Waals surface area contributed by atoms with Crippen molar-refractivity contribution in [1.29, 1.82) is 0 Å². The van der Waals surface area contributed by atoms with Gasteiger partial charge in [-0.1, -0.05) is 39.0 Å². The highest BCUT2D eigenvalue weighted by Crippen LogP contribution is 2.43. The molecule has 4 nitrogen and oxygen atoms in total. The van der Waals surface area contributed by atoms with Crippen molar-refractivity contribution in [3.63, 3.8) is 0 Å². The maximum absolute atomic E-state index is 4.78. The van der Waals surface area contributed by atoms with Crippen LogP contribution in [-0.4, -0.2) is 29.3 Å². The lowest BCUT2D eigenvalue weighted by Gasteiger charge is -2.24. The topological polar surface area (TPSA) is 44.3 Å². The maximum Gasteiger partial charge on any atom is 0.138 e. The number of aromatic amines is 1. The number of rotatable bonds is 1. The average molecular weight is 371 g/mol. The Kier molecular flexibility index (Phi) is 3.73. The van der Waals surface area contributed by atoms with E-state index in [-0.39, 0.29) is 5.41 Å². The molecular formula is C24H26N4. The lowest BCUT2D eigenvalue weighted by atomic mass is 9.86. The summed E-state index contributed by atoms with van der Waals surface area (Å²) in [6.07, 6.45) is 5.18. The van der Waals surface area contributed by atoms with Crippen LogP contribution in [0, 0.1) is 5.41 Å². The van der Waals surface area contributed by atoms with Gasteiger partial charge in [0.05, 0.1) is 0 Å². The number of nitrogens with one attached hydrogen (secondary N) is 1. The molecule has 0 spiro atoms. The van der Waals surface area contributed by atoms with Crippen molar-refractivity contribution in [3.05, 3.63) is 53.9 Å². The second-order valence-corrected chi connectivity index (χ2v) is 8.87. The smallest absolute Gasteiger partial charge is 0.138 e. The molecule has 0 bridgehead atoms. The number of allylic oxidation sites excluding steroid dienone is 1. The number of hydrogen-bond donors (Lipinski definition) is 1. The summed E-state index contributed by atoms with van der Waals surface area (Å²) in [5, 5.41) is 1.26. The van der Waals surface area contributed by atoms with Gasteiger partial charge in [-0.05, 0) is 35.8 Å². The van der Waals surface area contributed by atoms with Crippen LogP contribution in [-0.2, 0) is 6.54 Å². The highest BCUT2D eigenvalue weighted by Gasteiger charge is 2.27.